The summed E-state index contributed by atoms with van der Waals surface area (Å²) in [6.07, 6.45) is 3.43. The number of hydrogen-bond donors (Lipinski definition) is 1. The van der Waals surface area contributed by atoms with Crippen LogP contribution in [0.2, 0.25) is 0 Å². The minimum absolute atomic E-state index is 0.0155. The number of aryl methyl sites for hydroxylation is 1. The van der Waals surface area contributed by atoms with Crippen LogP contribution in [0.1, 0.15) is 16.7 Å². The van der Waals surface area contributed by atoms with E-state index >= 15 is 0 Å². The van der Waals surface area contributed by atoms with E-state index in [0.717, 1.165) is 11.1 Å². The minimum Gasteiger partial charge on any atom is -0.438 e. The van der Waals surface area contributed by atoms with Crippen LogP contribution in [0, 0.1) is 18.3 Å². The second-order valence-corrected chi connectivity index (χ2v) is 7.59. The first kappa shape index (κ1) is 22.5. The average Bonchev–Trinajstić information content (AvgIpc) is 2.86. The predicted octanol–water partition coefficient (Wildman–Crippen LogP) is 4.06. The molecule has 0 atom stereocenters. The zero-order valence-electron chi connectivity index (χ0n) is 18.6. The normalized spacial score (nSPS) is 11.1. The van der Waals surface area contributed by atoms with Gasteiger partial charge in [0, 0.05) is 12.7 Å². The summed E-state index contributed by atoms with van der Waals surface area (Å²) >= 11 is 0. The lowest BCUT2D eigenvalue weighted by molar-refractivity contribution is -0.117. The molecule has 0 radical (unpaired) electrons. The number of pyridine rings is 1. The number of amides is 1. The summed E-state index contributed by atoms with van der Waals surface area (Å²) in [6.45, 7) is 2.23. The molecule has 168 valence electrons. The lowest BCUT2D eigenvalue weighted by atomic mass is 10.1. The maximum absolute atomic E-state index is 13.3. The summed E-state index contributed by atoms with van der Waals surface area (Å²) in [5, 5.41) is 12.4. The maximum Gasteiger partial charge on any atom is 0.269 e. The summed E-state index contributed by atoms with van der Waals surface area (Å²) in [4.78, 5) is 30.4. The van der Waals surface area contributed by atoms with Crippen LogP contribution >= 0.6 is 0 Å². The van der Waals surface area contributed by atoms with Crippen LogP contribution in [0.25, 0.3) is 11.7 Å². The Kier molecular flexibility index (Phi) is 6.80. The average molecular weight is 450 g/mol. The van der Waals surface area contributed by atoms with Crippen molar-refractivity contribution in [3.8, 4) is 17.7 Å². The number of rotatable bonds is 7. The first-order valence-corrected chi connectivity index (χ1v) is 10.8. The number of nitrogens with zero attached hydrogens (tertiary/aromatic N) is 3. The Hall–Kier alpha value is -4.70. The third-order valence-electron chi connectivity index (χ3n) is 5.23. The van der Waals surface area contributed by atoms with E-state index in [4.69, 9.17) is 4.74 Å². The van der Waals surface area contributed by atoms with Gasteiger partial charge in [-0.1, -0.05) is 54.6 Å². The number of nitrogens with one attached hydrogen (secondary N) is 1. The van der Waals surface area contributed by atoms with E-state index in [2.05, 4.69) is 10.3 Å². The van der Waals surface area contributed by atoms with Gasteiger partial charge in [0.25, 0.3) is 11.5 Å². The van der Waals surface area contributed by atoms with Crippen molar-refractivity contribution in [2.24, 2.45) is 0 Å². The van der Waals surface area contributed by atoms with Crippen molar-refractivity contribution in [1.82, 2.24) is 14.7 Å². The number of carbonyl (C=O) groups is 1. The maximum atomic E-state index is 13.3. The van der Waals surface area contributed by atoms with E-state index in [9.17, 15) is 14.9 Å². The Morgan fingerprint density at radius 2 is 1.82 bits per heavy atom. The molecule has 2 aromatic carbocycles. The number of ether oxygens (including phenoxy) is 1. The summed E-state index contributed by atoms with van der Waals surface area (Å²) in [7, 11) is 0. The van der Waals surface area contributed by atoms with E-state index in [-0.39, 0.29) is 17.0 Å². The largest absolute Gasteiger partial charge is 0.438 e. The van der Waals surface area contributed by atoms with Crippen molar-refractivity contribution in [1.29, 1.82) is 5.26 Å². The quantitative estimate of drug-likeness (QED) is 0.338. The van der Waals surface area contributed by atoms with Crippen molar-refractivity contribution < 1.29 is 9.53 Å². The highest BCUT2D eigenvalue weighted by Gasteiger charge is 2.17. The van der Waals surface area contributed by atoms with Crippen LogP contribution in [0.4, 0.5) is 0 Å². The van der Waals surface area contributed by atoms with Crippen LogP contribution in [-0.4, -0.2) is 21.8 Å². The van der Waals surface area contributed by atoms with Gasteiger partial charge in [-0.05, 0) is 48.7 Å². The first-order valence-electron chi connectivity index (χ1n) is 10.8. The molecule has 0 saturated heterocycles. The third-order valence-corrected chi connectivity index (χ3v) is 5.23. The second kappa shape index (κ2) is 10.3. The molecule has 0 saturated carbocycles. The van der Waals surface area contributed by atoms with E-state index in [0.29, 0.717) is 24.4 Å². The fraction of sp³-hybridized carbons (Fsp3) is 0.111. The highest BCUT2D eigenvalue weighted by atomic mass is 16.5. The fourth-order valence-electron chi connectivity index (χ4n) is 3.41. The lowest BCUT2D eigenvalue weighted by Crippen LogP contribution is -2.27. The molecule has 0 spiro atoms. The summed E-state index contributed by atoms with van der Waals surface area (Å²) in [6, 6.07) is 24.1. The Morgan fingerprint density at radius 3 is 2.59 bits per heavy atom. The molecule has 0 aliphatic rings. The Morgan fingerprint density at radius 1 is 1.09 bits per heavy atom. The number of para-hydroxylation sites is 1. The molecule has 4 rings (SSSR count). The molecular formula is C27H22N4O3. The fourth-order valence-corrected chi connectivity index (χ4v) is 3.41. The van der Waals surface area contributed by atoms with Gasteiger partial charge in [0.05, 0.1) is 0 Å². The smallest absolute Gasteiger partial charge is 0.269 e. The van der Waals surface area contributed by atoms with Crippen LogP contribution in [0.5, 0.6) is 11.6 Å². The van der Waals surface area contributed by atoms with Crippen LogP contribution in [0.15, 0.2) is 89.4 Å². The second-order valence-electron chi connectivity index (χ2n) is 7.59. The predicted molar refractivity (Wildman–Crippen MR) is 129 cm³/mol. The molecule has 1 N–H and O–H groups in total. The summed E-state index contributed by atoms with van der Waals surface area (Å²) < 4.78 is 7.33. The van der Waals surface area contributed by atoms with E-state index in [1.54, 1.807) is 30.5 Å². The Labute approximate surface area is 196 Å². The number of nitriles is 1. The summed E-state index contributed by atoms with van der Waals surface area (Å²) in [5.74, 6) is -0.0247. The van der Waals surface area contributed by atoms with Crippen molar-refractivity contribution in [2.45, 2.75) is 13.3 Å². The van der Waals surface area contributed by atoms with Gasteiger partial charge in [0.2, 0.25) is 5.88 Å². The SMILES string of the molecule is Cc1ccccc1Oc1nc2ccccn2c(=O)c1/C=C(\C#N)C(=O)NCCc1ccccc1. The molecule has 1 amide bonds. The van der Waals surface area contributed by atoms with Crippen molar-refractivity contribution >= 4 is 17.6 Å². The zero-order chi connectivity index (χ0) is 23.9. The van der Waals surface area contributed by atoms with Gasteiger partial charge in [0.1, 0.15) is 28.6 Å². The molecule has 0 bridgehead atoms. The van der Waals surface area contributed by atoms with Gasteiger partial charge < -0.3 is 10.1 Å². The van der Waals surface area contributed by atoms with E-state index in [1.807, 2.05) is 61.5 Å². The molecule has 0 fully saturated rings. The molecule has 0 unspecified atom stereocenters. The number of aromatic nitrogens is 2. The Bertz CT molecular complexity index is 1470. The van der Waals surface area contributed by atoms with Crippen LogP contribution in [0.3, 0.4) is 0 Å². The van der Waals surface area contributed by atoms with Gasteiger partial charge in [-0.2, -0.15) is 10.2 Å². The number of carbonyl (C=O) groups excluding carboxylic acids is 1. The van der Waals surface area contributed by atoms with Gasteiger partial charge in [-0.15, -0.1) is 0 Å². The zero-order valence-corrected chi connectivity index (χ0v) is 18.6. The molecule has 0 aliphatic carbocycles. The number of fused-ring (bicyclic) bond motifs is 1. The van der Waals surface area contributed by atoms with Crippen molar-refractivity contribution in [2.75, 3.05) is 6.54 Å². The third kappa shape index (κ3) is 5.03. The molecule has 4 aromatic rings. The minimum atomic E-state index is -0.571. The lowest BCUT2D eigenvalue weighted by Gasteiger charge is -2.12. The monoisotopic (exact) mass is 450 g/mol. The first-order chi connectivity index (χ1) is 16.6. The van der Waals surface area contributed by atoms with Crippen molar-refractivity contribution in [3.63, 3.8) is 0 Å². The molecule has 2 aromatic heterocycles. The van der Waals surface area contributed by atoms with Crippen LogP contribution < -0.4 is 15.6 Å². The standard InChI is InChI=1S/C27H22N4O3/c1-19-9-5-6-12-23(19)34-26-22(27(33)31-16-8-7-13-24(31)30-26)17-21(18-28)25(32)29-15-14-20-10-3-2-4-11-20/h2-13,16-17H,14-15H2,1H3,(H,29,32)/b21-17+. The number of benzene rings is 2. The van der Waals surface area contributed by atoms with Crippen LogP contribution in [-0.2, 0) is 11.2 Å². The molecule has 2 heterocycles. The summed E-state index contributed by atoms with van der Waals surface area (Å²) in [5.41, 5.74) is 1.67. The highest BCUT2D eigenvalue weighted by Crippen LogP contribution is 2.26. The van der Waals surface area contributed by atoms with Gasteiger partial charge in [-0.25, -0.2) is 0 Å². The molecule has 0 aliphatic heterocycles. The highest BCUT2D eigenvalue weighted by molar-refractivity contribution is 6.01. The number of hydrogen-bond acceptors (Lipinski definition) is 5. The topological polar surface area (TPSA) is 96.5 Å². The van der Waals surface area contributed by atoms with Gasteiger partial charge in [-0.3, -0.25) is 14.0 Å². The van der Waals surface area contributed by atoms with Gasteiger partial charge in [0.15, 0.2) is 0 Å². The molecular weight excluding hydrogens is 428 g/mol. The van der Waals surface area contributed by atoms with E-state index < -0.39 is 11.5 Å². The molecule has 34 heavy (non-hydrogen) atoms. The van der Waals surface area contributed by atoms with Crippen molar-refractivity contribution in [3.05, 3.63) is 112 Å². The molecule has 7 nitrogen and oxygen atoms in total. The van der Waals surface area contributed by atoms with E-state index in [1.165, 1.54) is 10.5 Å². The molecule has 7 heteroatoms. The Balaban J connectivity index is 1.68. The van der Waals surface area contributed by atoms with Gasteiger partial charge >= 0.3 is 0 Å².